The predicted molar refractivity (Wildman–Crippen MR) is 80.8 cm³/mol. The summed E-state index contributed by atoms with van der Waals surface area (Å²) in [7, 11) is 0. The van der Waals surface area contributed by atoms with Crippen molar-refractivity contribution in [2.45, 2.75) is 44.6 Å². The number of carbonyl (C=O) groups excluding carboxylic acids is 1. The second-order valence-electron chi connectivity index (χ2n) is 6.06. The molecule has 2 aliphatic rings. The molecular formula is C14H18N6OS. The van der Waals surface area contributed by atoms with Gasteiger partial charge in [0.25, 0.3) is 5.91 Å². The average Bonchev–Trinajstić information content (AvgIpc) is 3.02. The first-order valence-corrected chi connectivity index (χ1v) is 8.55. The molecule has 0 spiro atoms. The van der Waals surface area contributed by atoms with Crippen LogP contribution in [0.15, 0.2) is 6.20 Å². The van der Waals surface area contributed by atoms with E-state index in [-0.39, 0.29) is 11.9 Å². The van der Waals surface area contributed by atoms with Gasteiger partial charge >= 0.3 is 0 Å². The molecule has 116 valence electrons. The van der Waals surface area contributed by atoms with Gasteiger partial charge in [-0.1, -0.05) is 23.0 Å². The Morgan fingerprint density at radius 2 is 2.18 bits per heavy atom. The zero-order chi connectivity index (χ0) is 15.1. The van der Waals surface area contributed by atoms with Crippen molar-refractivity contribution in [1.29, 1.82) is 0 Å². The Morgan fingerprint density at radius 3 is 2.91 bits per heavy atom. The van der Waals surface area contributed by atoms with E-state index < -0.39 is 0 Å². The smallest absolute Gasteiger partial charge is 0.267 e. The van der Waals surface area contributed by atoms with Gasteiger partial charge in [-0.15, -0.1) is 10.2 Å². The summed E-state index contributed by atoms with van der Waals surface area (Å²) in [6.07, 6.45) is 6.28. The third kappa shape index (κ3) is 2.41. The van der Waals surface area contributed by atoms with Crippen LogP contribution < -0.4 is 0 Å². The van der Waals surface area contributed by atoms with Crippen LogP contribution in [0, 0.1) is 0 Å². The highest BCUT2D eigenvalue weighted by Gasteiger charge is 2.36. The van der Waals surface area contributed by atoms with Gasteiger partial charge in [-0.25, -0.2) is 4.68 Å². The van der Waals surface area contributed by atoms with Gasteiger partial charge in [-0.2, -0.15) is 0 Å². The fourth-order valence-corrected chi connectivity index (χ4v) is 3.42. The maximum Gasteiger partial charge on any atom is 0.267 e. The fraction of sp³-hybridized carbons (Fsp3) is 0.643. The summed E-state index contributed by atoms with van der Waals surface area (Å²) < 4.78 is 5.84. The van der Waals surface area contributed by atoms with E-state index in [0.717, 1.165) is 24.2 Å². The van der Waals surface area contributed by atoms with E-state index in [9.17, 15) is 4.79 Å². The van der Waals surface area contributed by atoms with Crippen LogP contribution in [0.4, 0.5) is 0 Å². The van der Waals surface area contributed by atoms with Gasteiger partial charge in [0.15, 0.2) is 0 Å². The number of carbonyl (C=O) groups is 1. The molecule has 7 nitrogen and oxygen atoms in total. The SMILES string of the molecule is CCCc1nnsc1C(=O)N1CC(n2cc(C3CC3)nn2)C1. The first-order chi connectivity index (χ1) is 10.8. The monoisotopic (exact) mass is 318 g/mol. The van der Waals surface area contributed by atoms with Gasteiger partial charge in [0.05, 0.1) is 17.4 Å². The molecule has 8 heteroatoms. The second-order valence-corrected chi connectivity index (χ2v) is 6.81. The van der Waals surface area contributed by atoms with Crippen LogP contribution in [-0.2, 0) is 6.42 Å². The molecule has 1 saturated carbocycles. The van der Waals surface area contributed by atoms with Crippen molar-refractivity contribution in [1.82, 2.24) is 29.5 Å². The quantitative estimate of drug-likeness (QED) is 0.838. The molecule has 0 N–H and O–H groups in total. The summed E-state index contributed by atoms with van der Waals surface area (Å²) in [5, 5.41) is 12.5. The van der Waals surface area contributed by atoms with Crippen LogP contribution in [0.5, 0.6) is 0 Å². The number of aryl methyl sites for hydroxylation is 1. The molecule has 3 heterocycles. The molecular weight excluding hydrogens is 300 g/mol. The molecule has 4 rings (SSSR count). The Bertz CT molecular complexity index is 685. The van der Waals surface area contributed by atoms with Crippen molar-refractivity contribution in [3.8, 4) is 0 Å². The number of likely N-dealkylation sites (tertiary alicyclic amines) is 1. The van der Waals surface area contributed by atoms with Gasteiger partial charge in [0, 0.05) is 25.2 Å². The lowest BCUT2D eigenvalue weighted by molar-refractivity contribution is 0.0502. The molecule has 22 heavy (non-hydrogen) atoms. The molecule has 0 bridgehead atoms. The Balaban J connectivity index is 1.39. The van der Waals surface area contributed by atoms with Crippen LogP contribution in [0.1, 0.15) is 59.2 Å². The zero-order valence-electron chi connectivity index (χ0n) is 12.5. The van der Waals surface area contributed by atoms with Gasteiger partial charge in [-0.3, -0.25) is 4.79 Å². The Morgan fingerprint density at radius 1 is 1.36 bits per heavy atom. The first kappa shape index (κ1) is 13.8. The number of nitrogens with zero attached hydrogens (tertiary/aromatic N) is 6. The van der Waals surface area contributed by atoms with Crippen molar-refractivity contribution in [3.05, 3.63) is 22.5 Å². The molecule has 1 aliphatic heterocycles. The highest BCUT2D eigenvalue weighted by atomic mass is 32.1. The summed E-state index contributed by atoms with van der Waals surface area (Å²) >= 11 is 1.20. The first-order valence-electron chi connectivity index (χ1n) is 7.78. The predicted octanol–water partition coefficient (Wildman–Crippen LogP) is 1.66. The minimum atomic E-state index is 0.0530. The normalized spacial score (nSPS) is 18.5. The lowest BCUT2D eigenvalue weighted by atomic mass is 10.1. The molecule has 0 atom stereocenters. The number of amides is 1. The van der Waals surface area contributed by atoms with Crippen LogP contribution in [0.3, 0.4) is 0 Å². The van der Waals surface area contributed by atoms with Gasteiger partial charge in [0.1, 0.15) is 4.88 Å². The number of hydrogen-bond donors (Lipinski definition) is 0. The van der Waals surface area contributed by atoms with Crippen molar-refractivity contribution in [3.63, 3.8) is 0 Å². The summed E-state index contributed by atoms with van der Waals surface area (Å²) in [5.41, 5.74) is 1.93. The van der Waals surface area contributed by atoms with Crippen molar-refractivity contribution >= 4 is 17.4 Å². The number of hydrogen-bond acceptors (Lipinski definition) is 6. The average molecular weight is 318 g/mol. The van der Waals surface area contributed by atoms with E-state index in [4.69, 9.17) is 0 Å². The summed E-state index contributed by atoms with van der Waals surface area (Å²) in [6, 6.07) is 0.249. The van der Waals surface area contributed by atoms with Crippen LogP contribution in [-0.4, -0.2) is 48.5 Å². The van der Waals surface area contributed by atoms with Crippen LogP contribution in [0.2, 0.25) is 0 Å². The van der Waals surface area contributed by atoms with Gasteiger partial charge in [-0.05, 0) is 30.8 Å². The van der Waals surface area contributed by atoms with E-state index in [1.165, 1.54) is 24.4 Å². The molecule has 1 amide bonds. The number of aromatic nitrogens is 5. The molecule has 1 saturated heterocycles. The van der Waals surface area contributed by atoms with E-state index >= 15 is 0 Å². The molecule has 0 aromatic carbocycles. The largest absolute Gasteiger partial charge is 0.333 e. The van der Waals surface area contributed by atoms with Gasteiger partial charge in [0.2, 0.25) is 0 Å². The lowest BCUT2D eigenvalue weighted by Gasteiger charge is -2.38. The second kappa shape index (κ2) is 5.42. The molecule has 2 aromatic heterocycles. The third-order valence-corrected chi connectivity index (χ3v) is 5.04. The van der Waals surface area contributed by atoms with E-state index in [0.29, 0.717) is 23.9 Å². The summed E-state index contributed by atoms with van der Waals surface area (Å²) in [6.45, 7) is 3.46. The molecule has 2 aromatic rings. The maximum absolute atomic E-state index is 12.5. The Kier molecular flexibility index (Phi) is 3.40. The summed E-state index contributed by atoms with van der Waals surface area (Å²) in [4.78, 5) is 15.0. The molecule has 2 fully saturated rings. The van der Waals surface area contributed by atoms with E-state index in [1.54, 1.807) is 0 Å². The maximum atomic E-state index is 12.5. The Hall–Kier alpha value is -1.83. The van der Waals surface area contributed by atoms with Crippen molar-refractivity contribution in [2.75, 3.05) is 13.1 Å². The molecule has 1 aliphatic carbocycles. The van der Waals surface area contributed by atoms with Crippen molar-refractivity contribution in [2.24, 2.45) is 0 Å². The minimum absolute atomic E-state index is 0.0530. The highest BCUT2D eigenvalue weighted by molar-refractivity contribution is 7.08. The molecule has 0 radical (unpaired) electrons. The van der Waals surface area contributed by atoms with Crippen LogP contribution >= 0.6 is 11.5 Å². The van der Waals surface area contributed by atoms with Crippen LogP contribution in [0.25, 0.3) is 0 Å². The topological polar surface area (TPSA) is 76.8 Å². The molecule has 0 unspecified atom stereocenters. The third-order valence-electron chi connectivity index (χ3n) is 4.28. The van der Waals surface area contributed by atoms with E-state index in [1.807, 2.05) is 15.8 Å². The lowest BCUT2D eigenvalue weighted by Crippen LogP contribution is -2.50. The Labute approximate surface area is 132 Å². The van der Waals surface area contributed by atoms with Gasteiger partial charge < -0.3 is 4.90 Å². The summed E-state index contributed by atoms with van der Waals surface area (Å²) in [5.74, 6) is 0.670. The fourth-order valence-electron chi connectivity index (χ4n) is 2.74. The van der Waals surface area contributed by atoms with E-state index in [2.05, 4.69) is 26.8 Å². The zero-order valence-corrected chi connectivity index (χ0v) is 13.3. The minimum Gasteiger partial charge on any atom is -0.333 e. The highest BCUT2D eigenvalue weighted by Crippen LogP contribution is 2.39. The van der Waals surface area contributed by atoms with Crippen molar-refractivity contribution < 1.29 is 4.79 Å². The number of rotatable bonds is 5. The standard InChI is InChI=1S/C14H18N6OS/c1-2-3-11-13(22-18-16-11)14(21)19-6-10(7-19)20-8-12(15-17-20)9-4-5-9/h8-10H,2-7H2,1H3.